The predicted molar refractivity (Wildman–Crippen MR) is 86.5 cm³/mol. The summed E-state index contributed by atoms with van der Waals surface area (Å²) in [5, 5.41) is 0.295. The van der Waals surface area contributed by atoms with Gasteiger partial charge in [-0.25, -0.2) is 0 Å². The molecule has 0 atom stereocenters. The maximum Gasteiger partial charge on any atom is 0.198 e. The first-order valence-corrected chi connectivity index (χ1v) is 7.16. The lowest BCUT2D eigenvalue weighted by Gasteiger charge is -2.12. The van der Waals surface area contributed by atoms with Gasteiger partial charge in [0.25, 0.3) is 0 Å². The summed E-state index contributed by atoms with van der Waals surface area (Å²) in [6.45, 7) is 0. The third-order valence-electron chi connectivity index (χ3n) is 2.96. The van der Waals surface area contributed by atoms with Crippen molar-refractivity contribution in [3.05, 3.63) is 51.0 Å². The molecular weight excluding hydrogens is 358 g/mol. The molecule has 21 heavy (non-hydrogen) atoms. The van der Waals surface area contributed by atoms with Gasteiger partial charge in [-0.3, -0.25) is 4.79 Å². The molecule has 2 aromatic rings. The second-order valence-corrected chi connectivity index (χ2v) is 5.52. The van der Waals surface area contributed by atoms with Crippen molar-refractivity contribution in [1.29, 1.82) is 0 Å². The summed E-state index contributed by atoms with van der Waals surface area (Å²) in [6.07, 6.45) is 0. The highest BCUT2D eigenvalue weighted by Gasteiger charge is 2.20. The molecule has 2 rings (SSSR count). The van der Waals surface area contributed by atoms with E-state index >= 15 is 0 Å². The van der Waals surface area contributed by atoms with Gasteiger partial charge in [0.05, 0.1) is 29.3 Å². The molecule has 0 spiro atoms. The Balaban J connectivity index is 2.56. The number of ether oxygens (including phenoxy) is 2. The van der Waals surface area contributed by atoms with Gasteiger partial charge >= 0.3 is 0 Å². The summed E-state index contributed by atoms with van der Waals surface area (Å²) in [6, 6.07) is 8.04. The van der Waals surface area contributed by atoms with Crippen molar-refractivity contribution in [1.82, 2.24) is 0 Å². The van der Waals surface area contributed by atoms with Crippen molar-refractivity contribution in [2.75, 3.05) is 20.0 Å². The zero-order chi connectivity index (χ0) is 15.6. The average Bonchev–Trinajstić information content (AvgIpc) is 2.46. The monoisotopic (exact) mass is 369 g/mol. The van der Waals surface area contributed by atoms with Gasteiger partial charge in [0.2, 0.25) is 0 Å². The van der Waals surface area contributed by atoms with Crippen molar-refractivity contribution in [2.24, 2.45) is 0 Å². The van der Waals surface area contributed by atoms with Crippen LogP contribution in [0.3, 0.4) is 0 Å². The number of hydrogen-bond acceptors (Lipinski definition) is 4. The van der Waals surface area contributed by atoms with E-state index in [1.165, 1.54) is 20.3 Å². The first-order chi connectivity index (χ1) is 9.97. The van der Waals surface area contributed by atoms with E-state index in [0.29, 0.717) is 37.8 Å². The van der Waals surface area contributed by atoms with Crippen LogP contribution in [0.5, 0.6) is 11.5 Å². The summed E-state index contributed by atoms with van der Waals surface area (Å²) in [5.41, 5.74) is 6.86. The fourth-order valence-electron chi connectivity index (χ4n) is 1.90. The maximum absolute atomic E-state index is 12.7. The molecule has 0 saturated carbocycles. The van der Waals surface area contributed by atoms with Crippen LogP contribution in [0.25, 0.3) is 0 Å². The summed E-state index contributed by atoms with van der Waals surface area (Å²) >= 11 is 9.45. The van der Waals surface area contributed by atoms with Crippen LogP contribution in [0.4, 0.5) is 5.69 Å². The van der Waals surface area contributed by atoms with E-state index in [4.69, 9.17) is 26.8 Å². The Hall–Kier alpha value is -1.72. The Bertz CT molecular complexity index is 704. The quantitative estimate of drug-likeness (QED) is 0.654. The Kier molecular flexibility index (Phi) is 4.75. The van der Waals surface area contributed by atoms with Gasteiger partial charge in [0.15, 0.2) is 5.78 Å². The van der Waals surface area contributed by atoms with Crippen LogP contribution in [0.15, 0.2) is 34.8 Å². The van der Waals surface area contributed by atoms with Gasteiger partial charge in [-0.2, -0.15) is 0 Å². The van der Waals surface area contributed by atoms with Crippen LogP contribution >= 0.6 is 27.5 Å². The molecule has 0 bridgehead atoms. The predicted octanol–water partition coefficient (Wildman–Crippen LogP) is 3.93. The molecule has 2 N–H and O–H groups in total. The number of methoxy groups -OCH3 is 2. The molecular formula is C15H13BrClNO3. The van der Waals surface area contributed by atoms with Crippen LogP contribution in [-0.2, 0) is 0 Å². The SMILES string of the molecule is COc1cc(C(=O)c2ccc(N)cc2Cl)c(OC)cc1Br. The number of carbonyl (C=O) groups excluding carboxylic acids is 1. The van der Waals surface area contributed by atoms with Crippen molar-refractivity contribution in [3.63, 3.8) is 0 Å². The van der Waals surface area contributed by atoms with Gasteiger partial charge in [-0.15, -0.1) is 0 Å². The fourth-order valence-corrected chi connectivity index (χ4v) is 2.66. The zero-order valence-corrected chi connectivity index (χ0v) is 13.8. The second-order valence-electron chi connectivity index (χ2n) is 4.26. The van der Waals surface area contributed by atoms with Crippen LogP contribution in [-0.4, -0.2) is 20.0 Å². The third kappa shape index (κ3) is 3.14. The summed E-state index contributed by atoms with van der Waals surface area (Å²) < 4.78 is 11.2. The molecule has 0 saturated heterocycles. The highest BCUT2D eigenvalue weighted by molar-refractivity contribution is 9.10. The van der Waals surface area contributed by atoms with Gasteiger partial charge in [-0.1, -0.05) is 11.6 Å². The highest BCUT2D eigenvalue weighted by atomic mass is 79.9. The van der Waals surface area contributed by atoms with Gasteiger partial charge in [0.1, 0.15) is 11.5 Å². The van der Waals surface area contributed by atoms with Crippen LogP contribution in [0.2, 0.25) is 5.02 Å². The van der Waals surface area contributed by atoms with E-state index in [-0.39, 0.29) is 5.78 Å². The van der Waals surface area contributed by atoms with Crippen molar-refractivity contribution < 1.29 is 14.3 Å². The molecule has 0 unspecified atom stereocenters. The lowest BCUT2D eigenvalue weighted by molar-refractivity contribution is 0.103. The molecule has 110 valence electrons. The molecule has 6 heteroatoms. The van der Waals surface area contributed by atoms with Crippen molar-refractivity contribution in [3.8, 4) is 11.5 Å². The molecule has 4 nitrogen and oxygen atoms in total. The zero-order valence-electron chi connectivity index (χ0n) is 11.4. The first kappa shape index (κ1) is 15.7. The molecule has 0 aliphatic heterocycles. The summed E-state index contributed by atoms with van der Waals surface area (Å²) in [4.78, 5) is 12.7. The minimum atomic E-state index is -0.261. The highest BCUT2D eigenvalue weighted by Crippen LogP contribution is 2.35. The minimum absolute atomic E-state index is 0.261. The van der Waals surface area contributed by atoms with E-state index in [1.54, 1.807) is 24.3 Å². The van der Waals surface area contributed by atoms with E-state index in [2.05, 4.69) is 15.9 Å². The smallest absolute Gasteiger partial charge is 0.198 e. The molecule has 0 aliphatic carbocycles. The summed E-state index contributed by atoms with van der Waals surface area (Å²) in [7, 11) is 3.02. The van der Waals surface area contributed by atoms with Gasteiger partial charge < -0.3 is 15.2 Å². The molecule has 0 aromatic heterocycles. The molecule has 0 heterocycles. The molecule has 2 aromatic carbocycles. The first-order valence-electron chi connectivity index (χ1n) is 5.99. The number of rotatable bonds is 4. The number of carbonyl (C=O) groups is 1. The fraction of sp³-hybridized carbons (Fsp3) is 0.133. The van der Waals surface area contributed by atoms with Crippen molar-refractivity contribution >= 4 is 39.0 Å². The molecule has 0 fully saturated rings. The van der Waals surface area contributed by atoms with Gasteiger partial charge in [-0.05, 0) is 46.3 Å². The number of ketones is 1. The molecule has 0 radical (unpaired) electrons. The van der Waals surface area contributed by atoms with Crippen molar-refractivity contribution in [2.45, 2.75) is 0 Å². The minimum Gasteiger partial charge on any atom is -0.496 e. The average molecular weight is 371 g/mol. The lowest BCUT2D eigenvalue weighted by Crippen LogP contribution is -2.06. The Morgan fingerprint density at radius 2 is 1.76 bits per heavy atom. The number of nitrogens with two attached hydrogens (primary N) is 1. The topological polar surface area (TPSA) is 61.5 Å². The molecule has 0 amide bonds. The van der Waals surface area contributed by atoms with E-state index in [1.807, 2.05) is 0 Å². The number of nitrogen functional groups attached to an aromatic ring is 1. The van der Waals surface area contributed by atoms with Crippen LogP contribution in [0, 0.1) is 0 Å². The maximum atomic E-state index is 12.7. The lowest BCUT2D eigenvalue weighted by atomic mass is 10.0. The van der Waals surface area contributed by atoms with E-state index < -0.39 is 0 Å². The van der Waals surface area contributed by atoms with E-state index in [0.717, 1.165) is 0 Å². The Morgan fingerprint density at radius 3 is 2.33 bits per heavy atom. The number of halogens is 2. The number of anilines is 1. The van der Waals surface area contributed by atoms with Gasteiger partial charge in [0, 0.05) is 11.3 Å². The number of hydrogen-bond donors (Lipinski definition) is 1. The number of benzene rings is 2. The van der Waals surface area contributed by atoms with Crippen LogP contribution in [0.1, 0.15) is 15.9 Å². The van der Waals surface area contributed by atoms with Crippen LogP contribution < -0.4 is 15.2 Å². The molecule has 0 aliphatic rings. The van der Waals surface area contributed by atoms with E-state index in [9.17, 15) is 4.79 Å². The third-order valence-corrected chi connectivity index (χ3v) is 3.89. The largest absolute Gasteiger partial charge is 0.496 e. The Labute approximate surface area is 135 Å². The Morgan fingerprint density at radius 1 is 1.10 bits per heavy atom. The summed E-state index contributed by atoms with van der Waals surface area (Å²) in [5.74, 6) is 0.703. The second kappa shape index (κ2) is 6.37. The normalized spacial score (nSPS) is 10.3. The standard InChI is InChI=1S/C15H13BrClNO3/c1-20-13-7-11(16)14(21-2)6-10(13)15(19)9-4-3-8(18)5-12(9)17/h3-7H,18H2,1-2H3.